The molecule has 0 saturated heterocycles. The van der Waals surface area contributed by atoms with Crippen LogP contribution in [0.1, 0.15) is 17.5 Å². The first kappa shape index (κ1) is 18.2. The van der Waals surface area contributed by atoms with Gasteiger partial charge in [0.2, 0.25) is 11.4 Å². The first-order chi connectivity index (χ1) is 13.7. The number of hydrogen-bond donors (Lipinski definition) is 0. The maximum atomic E-state index is 13.1. The van der Waals surface area contributed by atoms with Crippen LogP contribution in [-0.2, 0) is 20.7 Å². The highest BCUT2D eigenvalue weighted by Crippen LogP contribution is 2.39. The lowest BCUT2D eigenvalue weighted by Gasteiger charge is -2.33. The Morgan fingerprint density at radius 2 is 1.82 bits per heavy atom. The second-order valence-corrected chi connectivity index (χ2v) is 7.11. The molecule has 1 unspecified atom stereocenters. The molecule has 0 fully saturated rings. The topological polar surface area (TPSA) is 47.9 Å². The van der Waals surface area contributed by atoms with Crippen LogP contribution in [0.2, 0.25) is 0 Å². The number of allylic oxidation sites excluding steroid dienone is 3. The molecule has 28 heavy (non-hydrogen) atoms. The van der Waals surface area contributed by atoms with Crippen molar-refractivity contribution in [3.8, 4) is 0 Å². The van der Waals surface area contributed by atoms with Crippen molar-refractivity contribution in [2.75, 3.05) is 7.11 Å². The highest BCUT2D eigenvalue weighted by Gasteiger charge is 2.55. The number of rotatable bonds is 5. The van der Waals surface area contributed by atoms with E-state index in [4.69, 9.17) is 14.5 Å². The summed E-state index contributed by atoms with van der Waals surface area (Å²) < 4.78 is 11.6. The lowest BCUT2D eigenvalue weighted by Crippen LogP contribution is -2.51. The third-order valence-corrected chi connectivity index (χ3v) is 5.29. The van der Waals surface area contributed by atoms with Crippen molar-refractivity contribution in [1.82, 2.24) is 0 Å². The Labute approximate surface area is 165 Å². The molecule has 3 atom stereocenters. The minimum atomic E-state index is -1.12. The summed E-state index contributed by atoms with van der Waals surface area (Å²) in [6.07, 6.45) is 9.00. The number of methoxy groups -OCH3 is 1. The Bertz CT molecular complexity index is 917. The predicted octanol–water partition coefficient (Wildman–Crippen LogP) is 4.12. The second kappa shape index (κ2) is 7.85. The van der Waals surface area contributed by atoms with Gasteiger partial charge in [-0.15, -0.1) is 0 Å². The molecule has 2 aromatic carbocycles. The molecule has 142 valence electrons. The number of carbonyl (C=O) groups is 1. The molecule has 2 aromatic rings. The molecule has 4 heteroatoms. The SMILES string of the molecule is COC(=O)[C@@]1(Cc2ccccc2)N=C(c2ccccc2)O[C@H]1C1C=CC=CC1. The van der Waals surface area contributed by atoms with Crippen LogP contribution in [0, 0.1) is 5.92 Å². The van der Waals surface area contributed by atoms with Gasteiger partial charge in [-0.2, -0.15) is 0 Å². The van der Waals surface area contributed by atoms with Crippen molar-refractivity contribution in [3.63, 3.8) is 0 Å². The highest BCUT2D eigenvalue weighted by molar-refractivity contribution is 5.99. The van der Waals surface area contributed by atoms with Crippen molar-refractivity contribution >= 4 is 11.9 Å². The molecule has 0 amide bonds. The van der Waals surface area contributed by atoms with Gasteiger partial charge in [0.25, 0.3) is 0 Å². The zero-order valence-corrected chi connectivity index (χ0v) is 15.8. The average molecular weight is 373 g/mol. The Balaban J connectivity index is 1.80. The monoisotopic (exact) mass is 373 g/mol. The van der Waals surface area contributed by atoms with Gasteiger partial charge in [-0.1, -0.05) is 72.8 Å². The Hall–Kier alpha value is -3.14. The number of esters is 1. The molecule has 4 rings (SSSR count). The molecule has 1 heterocycles. The third kappa shape index (κ3) is 3.38. The Morgan fingerprint density at radius 3 is 2.46 bits per heavy atom. The average Bonchev–Trinajstić information content (AvgIpc) is 3.15. The van der Waals surface area contributed by atoms with Gasteiger partial charge < -0.3 is 9.47 Å². The standard InChI is InChI=1S/C24H23NO3/c1-27-23(26)24(17-18-11-5-2-6-12-18)21(19-13-7-3-8-14-19)28-22(25-24)20-15-9-4-10-16-20/h2-13,15-16,19,21H,14,17H2,1H3/t19?,21-,24-/m0/s1. The lowest BCUT2D eigenvalue weighted by atomic mass is 9.78. The van der Waals surface area contributed by atoms with Gasteiger partial charge in [0.15, 0.2) is 0 Å². The molecule has 2 aliphatic rings. The summed E-state index contributed by atoms with van der Waals surface area (Å²) in [6, 6.07) is 19.6. The van der Waals surface area contributed by atoms with E-state index in [0.717, 1.165) is 17.5 Å². The van der Waals surface area contributed by atoms with E-state index < -0.39 is 11.6 Å². The Kier molecular flexibility index (Phi) is 5.11. The fourth-order valence-corrected chi connectivity index (χ4v) is 3.93. The van der Waals surface area contributed by atoms with Crippen molar-refractivity contribution in [3.05, 3.63) is 96.1 Å². The molecular formula is C24H23NO3. The molecule has 0 spiro atoms. The largest absolute Gasteiger partial charge is 0.470 e. The van der Waals surface area contributed by atoms with Crippen LogP contribution in [0.4, 0.5) is 0 Å². The van der Waals surface area contributed by atoms with Gasteiger partial charge in [-0.25, -0.2) is 9.79 Å². The van der Waals surface area contributed by atoms with Gasteiger partial charge in [-0.3, -0.25) is 0 Å². The second-order valence-electron chi connectivity index (χ2n) is 7.11. The number of nitrogens with zero attached hydrogens (tertiary/aromatic N) is 1. The van der Waals surface area contributed by atoms with E-state index in [1.54, 1.807) is 0 Å². The molecule has 0 radical (unpaired) electrons. The molecule has 1 aliphatic carbocycles. The van der Waals surface area contributed by atoms with Crippen LogP contribution in [0.5, 0.6) is 0 Å². The van der Waals surface area contributed by atoms with Crippen LogP contribution < -0.4 is 0 Å². The fraction of sp³-hybridized carbons (Fsp3) is 0.250. The lowest BCUT2D eigenvalue weighted by molar-refractivity contribution is -0.150. The number of benzene rings is 2. The summed E-state index contributed by atoms with van der Waals surface area (Å²) in [5.74, 6) is 0.169. The van der Waals surface area contributed by atoms with Gasteiger partial charge in [0.05, 0.1) is 7.11 Å². The highest BCUT2D eigenvalue weighted by atomic mass is 16.5. The van der Waals surface area contributed by atoms with Crippen LogP contribution in [0.15, 0.2) is 90.0 Å². The van der Waals surface area contributed by atoms with E-state index in [2.05, 4.69) is 12.2 Å². The summed E-state index contributed by atoms with van der Waals surface area (Å²) in [5, 5.41) is 0. The van der Waals surface area contributed by atoms with E-state index in [0.29, 0.717) is 12.3 Å². The van der Waals surface area contributed by atoms with Crippen LogP contribution in [0.25, 0.3) is 0 Å². The summed E-state index contributed by atoms with van der Waals surface area (Å²) in [6.45, 7) is 0. The quantitative estimate of drug-likeness (QED) is 0.741. The van der Waals surface area contributed by atoms with Crippen LogP contribution in [-0.4, -0.2) is 30.6 Å². The summed E-state index contributed by atoms with van der Waals surface area (Å²) in [7, 11) is 1.42. The zero-order chi connectivity index (χ0) is 19.4. The number of carbonyl (C=O) groups excluding carboxylic acids is 1. The first-order valence-corrected chi connectivity index (χ1v) is 9.50. The minimum Gasteiger partial charge on any atom is -0.470 e. The van der Waals surface area contributed by atoms with Gasteiger partial charge in [0, 0.05) is 17.9 Å². The van der Waals surface area contributed by atoms with Gasteiger partial charge in [-0.05, 0) is 24.1 Å². The maximum Gasteiger partial charge on any atom is 0.338 e. The first-order valence-electron chi connectivity index (χ1n) is 9.50. The van der Waals surface area contributed by atoms with E-state index in [-0.39, 0.29) is 11.9 Å². The fourth-order valence-electron chi connectivity index (χ4n) is 3.93. The predicted molar refractivity (Wildman–Crippen MR) is 109 cm³/mol. The van der Waals surface area contributed by atoms with Crippen LogP contribution in [0.3, 0.4) is 0 Å². The van der Waals surface area contributed by atoms with Crippen molar-refractivity contribution in [2.45, 2.75) is 24.5 Å². The van der Waals surface area contributed by atoms with E-state index >= 15 is 0 Å². The van der Waals surface area contributed by atoms with E-state index in [1.165, 1.54) is 7.11 Å². The van der Waals surface area contributed by atoms with Crippen LogP contribution >= 0.6 is 0 Å². The van der Waals surface area contributed by atoms with Crippen molar-refractivity contribution in [2.24, 2.45) is 10.9 Å². The smallest absolute Gasteiger partial charge is 0.338 e. The Morgan fingerprint density at radius 1 is 1.11 bits per heavy atom. The van der Waals surface area contributed by atoms with Crippen molar-refractivity contribution < 1.29 is 14.3 Å². The molecule has 0 aromatic heterocycles. The van der Waals surface area contributed by atoms with E-state index in [1.807, 2.05) is 72.8 Å². The van der Waals surface area contributed by atoms with Gasteiger partial charge >= 0.3 is 5.97 Å². The molecule has 0 saturated carbocycles. The molecule has 4 nitrogen and oxygen atoms in total. The van der Waals surface area contributed by atoms with E-state index in [9.17, 15) is 4.79 Å². The normalized spacial score (nSPS) is 25.8. The third-order valence-electron chi connectivity index (χ3n) is 5.29. The zero-order valence-electron chi connectivity index (χ0n) is 15.8. The number of hydrogen-bond acceptors (Lipinski definition) is 4. The van der Waals surface area contributed by atoms with Crippen molar-refractivity contribution in [1.29, 1.82) is 0 Å². The molecule has 1 aliphatic heterocycles. The molecule has 0 N–H and O–H groups in total. The molecular weight excluding hydrogens is 350 g/mol. The summed E-state index contributed by atoms with van der Waals surface area (Å²) >= 11 is 0. The maximum absolute atomic E-state index is 13.1. The molecule has 0 bridgehead atoms. The number of aliphatic imine (C=N–C) groups is 1. The minimum absolute atomic E-state index is 0.0396. The number of ether oxygens (including phenoxy) is 2. The van der Waals surface area contributed by atoms with Gasteiger partial charge in [0.1, 0.15) is 6.10 Å². The summed E-state index contributed by atoms with van der Waals surface area (Å²) in [5.41, 5.74) is 0.762. The summed E-state index contributed by atoms with van der Waals surface area (Å²) in [4.78, 5) is 18.0.